The van der Waals surface area contributed by atoms with Crippen molar-refractivity contribution in [2.45, 2.75) is 57.5 Å². The molecule has 0 radical (unpaired) electrons. The van der Waals surface area contributed by atoms with Gasteiger partial charge in [0.25, 0.3) is 0 Å². The van der Waals surface area contributed by atoms with Gasteiger partial charge in [-0.05, 0) is 56.1 Å². The largest absolute Gasteiger partial charge is 0.544 e. The highest BCUT2D eigenvalue weighted by Crippen LogP contribution is 2.33. The Morgan fingerprint density at radius 3 is 2.14 bits per heavy atom. The Labute approximate surface area is 135 Å². The number of nitrogens with two attached hydrogens (primary N) is 1. The average molecular weight is 330 g/mol. The predicted octanol–water partition coefficient (Wildman–Crippen LogP) is 3.87. The van der Waals surface area contributed by atoms with Crippen LogP contribution in [0.15, 0.2) is 24.3 Å². The maximum absolute atomic E-state index is 10.4. The molecule has 0 unspecified atom stereocenters. The van der Waals surface area contributed by atoms with Gasteiger partial charge in [-0.2, -0.15) is 0 Å². The minimum atomic E-state index is -1.57. The Balaban J connectivity index is 0.00000220. The van der Waals surface area contributed by atoms with Crippen LogP contribution in [-0.4, -0.2) is 19.5 Å². The van der Waals surface area contributed by atoms with E-state index in [1.807, 2.05) is 24.3 Å². The lowest BCUT2D eigenvalue weighted by Gasteiger charge is -2.25. The summed E-state index contributed by atoms with van der Waals surface area (Å²) in [4.78, 5) is 0. The van der Waals surface area contributed by atoms with E-state index in [9.17, 15) is 5.11 Å². The van der Waals surface area contributed by atoms with Gasteiger partial charge in [-0.15, -0.1) is 12.4 Å². The van der Waals surface area contributed by atoms with Crippen molar-refractivity contribution in [1.82, 2.24) is 0 Å². The lowest BCUT2D eigenvalue weighted by molar-refractivity contribution is 0.0845. The highest BCUT2D eigenvalue weighted by Gasteiger charge is 2.28. The molecule has 5 heteroatoms. The molecular weight excluding hydrogens is 302 g/mol. The van der Waals surface area contributed by atoms with Gasteiger partial charge >= 0.3 is 0 Å². The molecule has 3 nitrogen and oxygen atoms in total. The van der Waals surface area contributed by atoms with Gasteiger partial charge in [-0.3, -0.25) is 0 Å². The third kappa shape index (κ3) is 5.29. The Morgan fingerprint density at radius 2 is 1.67 bits per heavy atom. The van der Waals surface area contributed by atoms with Crippen LogP contribution in [0.4, 0.5) is 0 Å². The Morgan fingerprint density at radius 1 is 1.14 bits per heavy atom. The lowest BCUT2D eigenvalue weighted by atomic mass is 9.91. The number of hydrogen-bond acceptors (Lipinski definition) is 3. The molecule has 1 aromatic rings. The number of halogens is 1. The SMILES string of the molecule is C[Si](C)(C)Oc1ccc([C@@H](N)[C@@H](O)C2CCCC2)cc1.Cl. The summed E-state index contributed by atoms with van der Waals surface area (Å²) in [6.45, 7) is 6.49. The minimum Gasteiger partial charge on any atom is -0.544 e. The van der Waals surface area contributed by atoms with Gasteiger partial charge in [-0.1, -0.05) is 25.0 Å². The number of rotatable bonds is 5. The summed E-state index contributed by atoms with van der Waals surface area (Å²) in [6, 6.07) is 7.61. The minimum absolute atomic E-state index is 0. The molecule has 0 saturated heterocycles. The third-order valence-electron chi connectivity index (χ3n) is 3.94. The molecule has 21 heavy (non-hydrogen) atoms. The fourth-order valence-electron chi connectivity index (χ4n) is 2.90. The standard InChI is InChI=1S/C16H27NO2Si.ClH/c1-20(2,3)19-14-10-8-12(9-11-14)15(17)16(18)13-6-4-5-7-13;/h8-11,13,15-16,18H,4-7,17H2,1-3H3;1H/t15-,16+;/m1./s1. The Kier molecular flexibility index (Phi) is 6.72. The van der Waals surface area contributed by atoms with E-state index >= 15 is 0 Å². The average Bonchev–Trinajstić information content (AvgIpc) is 2.90. The molecule has 2 rings (SSSR count). The number of benzene rings is 1. The zero-order valence-electron chi connectivity index (χ0n) is 13.2. The molecule has 1 aromatic carbocycles. The molecule has 1 saturated carbocycles. The summed E-state index contributed by atoms with van der Waals surface area (Å²) in [6.07, 6.45) is 4.22. The van der Waals surface area contributed by atoms with Crippen molar-refractivity contribution >= 4 is 20.7 Å². The zero-order valence-corrected chi connectivity index (χ0v) is 15.0. The van der Waals surface area contributed by atoms with Gasteiger partial charge in [0.15, 0.2) is 0 Å². The molecule has 2 atom stereocenters. The van der Waals surface area contributed by atoms with Crippen LogP contribution in [0.25, 0.3) is 0 Å². The third-order valence-corrected chi connectivity index (χ3v) is 4.79. The second-order valence-corrected chi connectivity index (χ2v) is 11.3. The fourth-order valence-corrected chi connectivity index (χ4v) is 3.74. The molecule has 0 bridgehead atoms. The molecule has 0 heterocycles. The molecule has 0 spiro atoms. The molecule has 1 fully saturated rings. The van der Waals surface area contributed by atoms with Crippen molar-refractivity contribution in [2.24, 2.45) is 11.7 Å². The van der Waals surface area contributed by atoms with Crippen molar-refractivity contribution in [3.8, 4) is 5.75 Å². The number of aliphatic hydroxyl groups excluding tert-OH is 1. The molecular formula is C16H28ClNO2Si. The van der Waals surface area contributed by atoms with Crippen LogP contribution in [0.1, 0.15) is 37.3 Å². The van der Waals surface area contributed by atoms with Crippen molar-refractivity contribution in [1.29, 1.82) is 0 Å². The van der Waals surface area contributed by atoms with Gasteiger partial charge in [0.05, 0.1) is 12.1 Å². The molecule has 120 valence electrons. The maximum atomic E-state index is 10.4. The second kappa shape index (κ2) is 7.63. The first-order valence-corrected chi connectivity index (χ1v) is 11.0. The summed E-state index contributed by atoms with van der Waals surface area (Å²) in [5.41, 5.74) is 7.21. The van der Waals surface area contributed by atoms with Crippen molar-refractivity contribution in [3.63, 3.8) is 0 Å². The van der Waals surface area contributed by atoms with Crippen LogP contribution >= 0.6 is 12.4 Å². The smallest absolute Gasteiger partial charge is 0.242 e. The summed E-state index contributed by atoms with van der Waals surface area (Å²) in [5.74, 6) is 1.26. The fraction of sp³-hybridized carbons (Fsp3) is 0.625. The van der Waals surface area contributed by atoms with Crippen molar-refractivity contribution in [2.75, 3.05) is 0 Å². The Hall–Kier alpha value is -0.553. The zero-order chi connectivity index (χ0) is 14.8. The van der Waals surface area contributed by atoms with Gasteiger partial charge in [-0.25, -0.2) is 0 Å². The van der Waals surface area contributed by atoms with Gasteiger partial charge in [0.2, 0.25) is 8.32 Å². The number of hydrogen-bond donors (Lipinski definition) is 2. The van der Waals surface area contributed by atoms with E-state index in [4.69, 9.17) is 10.2 Å². The van der Waals surface area contributed by atoms with E-state index in [1.165, 1.54) is 12.8 Å². The molecule has 3 N–H and O–H groups in total. The predicted molar refractivity (Wildman–Crippen MR) is 92.6 cm³/mol. The first-order chi connectivity index (χ1) is 9.37. The highest BCUT2D eigenvalue weighted by molar-refractivity contribution is 6.70. The summed E-state index contributed by atoms with van der Waals surface area (Å²) >= 11 is 0. The van der Waals surface area contributed by atoms with Crippen molar-refractivity contribution < 1.29 is 9.53 Å². The summed E-state index contributed by atoms with van der Waals surface area (Å²) < 4.78 is 5.93. The summed E-state index contributed by atoms with van der Waals surface area (Å²) in [5, 5.41) is 10.4. The number of aliphatic hydroxyl groups is 1. The molecule has 1 aliphatic carbocycles. The van der Waals surface area contributed by atoms with Gasteiger partial charge < -0.3 is 15.3 Å². The van der Waals surface area contributed by atoms with Crippen LogP contribution in [0.3, 0.4) is 0 Å². The van der Waals surface area contributed by atoms with Gasteiger partial charge in [0.1, 0.15) is 5.75 Å². The quantitative estimate of drug-likeness (QED) is 0.806. The van der Waals surface area contributed by atoms with E-state index in [1.54, 1.807) is 0 Å². The molecule has 0 amide bonds. The highest BCUT2D eigenvalue weighted by atomic mass is 35.5. The van der Waals surface area contributed by atoms with Crippen LogP contribution < -0.4 is 10.2 Å². The topological polar surface area (TPSA) is 55.5 Å². The first-order valence-electron chi connectivity index (χ1n) is 7.59. The van der Waals surface area contributed by atoms with E-state index in [-0.39, 0.29) is 18.4 Å². The summed E-state index contributed by atoms with van der Waals surface area (Å²) in [7, 11) is -1.57. The molecule has 0 aliphatic heterocycles. The van der Waals surface area contributed by atoms with Crippen LogP contribution in [0.2, 0.25) is 19.6 Å². The van der Waals surface area contributed by atoms with E-state index in [2.05, 4.69) is 19.6 Å². The maximum Gasteiger partial charge on any atom is 0.242 e. The van der Waals surface area contributed by atoms with Crippen LogP contribution in [0, 0.1) is 5.92 Å². The van der Waals surface area contributed by atoms with E-state index < -0.39 is 14.4 Å². The van der Waals surface area contributed by atoms with E-state index in [0.717, 1.165) is 24.2 Å². The normalized spacial score (nSPS) is 18.9. The Bertz CT molecular complexity index is 427. The first kappa shape index (κ1) is 18.5. The van der Waals surface area contributed by atoms with Gasteiger partial charge in [0, 0.05) is 0 Å². The van der Waals surface area contributed by atoms with Crippen LogP contribution in [0.5, 0.6) is 5.75 Å². The molecule has 1 aliphatic rings. The lowest BCUT2D eigenvalue weighted by Crippen LogP contribution is -2.32. The van der Waals surface area contributed by atoms with E-state index in [0.29, 0.717) is 5.92 Å². The van der Waals surface area contributed by atoms with Crippen LogP contribution in [-0.2, 0) is 0 Å². The molecule has 0 aromatic heterocycles. The second-order valence-electron chi connectivity index (χ2n) is 6.84. The van der Waals surface area contributed by atoms with Crippen molar-refractivity contribution in [3.05, 3.63) is 29.8 Å². The monoisotopic (exact) mass is 329 g/mol.